The predicted molar refractivity (Wildman–Crippen MR) is 146 cm³/mol. The van der Waals surface area contributed by atoms with Gasteiger partial charge in [0.15, 0.2) is 18.1 Å². The molecular formula is C30H27N3O5. The summed E-state index contributed by atoms with van der Waals surface area (Å²) in [4.78, 5) is 24.6. The predicted octanol–water partition coefficient (Wildman–Crippen LogP) is 5.06. The van der Waals surface area contributed by atoms with E-state index < -0.39 is 5.91 Å². The van der Waals surface area contributed by atoms with Crippen molar-refractivity contribution in [1.29, 1.82) is 0 Å². The molecule has 2 amide bonds. The Balaban J connectivity index is 1.25. The monoisotopic (exact) mass is 509 g/mol. The van der Waals surface area contributed by atoms with Crippen molar-refractivity contribution in [3.05, 3.63) is 120 Å². The minimum absolute atomic E-state index is 0.113. The Hall–Kier alpha value is -5.11. The smallest absolute Gasteiger partial charge is 0.271 e. The van der Waals surface area contributed by atoms with E-state index in [9.17, 15) is 9.59 Å². The van der Waals surface area contributed by atoms with E-state index in [1.807, 2.05) is 48.5 Å². The van der Waals surface area contributed by atoms with E-state index in [4.69, 9.17) is 14.2 Å². The summed E-state index contributed by atoms with van der Waals surface area (Å²) < 4.78 is 16.8. The van der Waals surface area contributed by atoms with Crippen molar-refractivity contribution in [2.45, 2.75) is 6.61 Å². The van der Waals surface area contributed by atoms with Gasteiger partial charge < -0.3 is 19.5 Å². The molecule has 4 aromatic carbocycles. The van der Waals surface area contributed by atoms with Gasteiger partial charge in [-0.3, -0.25) is 9.59 Å². The number of carbonyl (C=O) groups excluding carboxylic acids is 2. The number of carbonyl (C=O) groups is 2. The molecule has 4 aromatic rings. The maximum Gasteiger partial charge on any atom is 0.271 e. The highest BCUT2D eigenvalue weighted by Crippen LogP contribution is 2.29. The van der Waals surface area contributed by atoms with Gasteiger partial charge in [-0.05, 0) is 65.7 Å². The number of para-hydroxylation sites is 1. The SMILES string of the molecule is COc1cc(C(=O)N/N=C/c2ccc(OCC(=O)Nc3ccccc3)cc2)ccc1OCc1ccccc1. The second-order valence-electron chi connectivity index (χ2n) is 8.11. The summed E-state index contributed by atoms with van der Waals surface area (Å²) in [7, 11) is 1.52. The molecule has 0 spiro atoms. The number of hydrazone groups is 1. The van der Waals surface area contributed by atoms with Crippen molar-refractivity contribution in [1.82, 2.24) is 5.43 Å². The third kappa shape index (κ3) is 7.69. The molecule has 0 aliphatic heterocycles. The van der Waals surface area contributed by atoms with E-state index in [0.29, 0.717) is 35.1 Å². The molecule has 2 N–H and O–H groups in total. The summed E-state index contributed by atoms with van der Waals surface area (Å²) in [6, 6.07) is 30.9. The Morgan fingerprint density at radius 1 is 0.816 bits per heavy atom. The van der Waals surface area contributed by atoms with Crippen molar-refractivity contribution < 1.29 is 23.8 Å². The van der Waals surface area contributed by atoms with Crippen LogP contribution in [-0.4, -0.2) is 31.7 Å². The Labute approximate surface area is 220 Å². The Kier molecular flexibility index (Phi) is 9.07. The zero-order valence-electron chi connectivity index (χ0n) is 20.8. The Bertz CT molecular complexity index is 1370. The van der Waals surface area contributed by atoms with Gasteiger partial charge in [-0.1, -0.05) is 48.5 Å². The van der Waals surface area contributed by atoms with E-state index in [1.165, 1.54) is 13.3 Å². The quantitative estimate of drug-likeness (QED) is 0.218. The lowest BCUT2D eigenvalue weighted by molar-refractivity contribution is -0.118. The number of benzene rings is 4. The van der Waals surface area contributed by atoms with Gasteiger partial charge in [-0.2, -0.15) is 5.10 Å². The van der Waals surface area contributed by atoms with Gasteiger partial charge in [0, 0.05) is 11.3 Å². The van der Waals surface area contributed by atoms with E-state index >= 15 is 0 Å². The molecule has 0 aromatic heterocycles. The minimum atomic E-state index is -0.390. The molecule has 0 saturated carbocycles. The molecule has 38 heavy (non-hydrogen) atoms. The highest BCUT2D eigenvalue weighted by atomic mass is 16.5. The average molecular weight is 510 g/mol. The molecule has 4 rings (SSSR count). The number of anilines is 1. The molecule has 0 atom stereocenters. The van der Waals surface area contributed by atoms with Crippen LogP contribution in [0.15, 0.2) is 108 Å². The molecule has 192 valence electrons. The maximum absolute atomic E-state index is 12.5. The van der Waals surface area contributed by atoms with Crippen molar-refractivity contribution in [2.24, 2.45) is 5.10 Å². The molecule has 8 heteroatoms. The summed E-state index contributed by atoms with van der Waals surface area (Å²) in [6.07, 6.45) is 1.51. The first-order chi connectivity index (χ1) is 18.6. The van der Waals surface area contributed by atoms with Crippen LogP contribution in [0.25, 0.3) is 0 Å². The molecule has 0 fully saturated rings. The second-order valence-corrected chi connectivity index (χ2v) is 8.11. The lowest BCUT2D eigenvalue weighted by Crippen LogP contribution is -2.20. The number of ether oxygens (including phenoxy) is 3. The van der Waals surface area contributed by atoms with Crippen molar-refractivity contribution in [3.63, 3.8) is 0 Å². The second kappa shape index (κ2) is 13.3. The van der Waals surface area contributed by atoms with Crippen LogP contribution < -0.4 is 25.0 Å². The molecule has 0 aliphatic carbocycles. The number of amides is 2. The summed E-state index contributed by atoms with van der Waals surface area (Å²) in [5.74, 6) is 0.883. The van der Waals surface area contributed by atoms with Crippen LogP contribution in [0.2, 0.25) is 0 Å². The number of nitrogens with one attached hydrogen (secondary N) is 2. The number of rotatable bonds is 11. The molecule has 0 bridgehead atoms. The highest BCUT2D eigenvalue weighted by Gasteiger charge is 2.11. The third-order valence-electron chi connectivity index (χ3n) is 5.35. The zero-order chi connectivity index (χ0) is 26.6. The van der Waals surface area contributed by atoms with E-state index in [0.717, 1.165) is 11.1 Å². The number of hydrogen-bond donors (Lipinski definition) is 2. The van der Waals surface area contributed by atoms with Crippen molar-refractivity contribution >= 4 is 23.7 Å². The fraction of sp³-hybridized carbons (Fsp3) is 0.100. The van der Waals surface area contributed by atoms with Crippen molar-refractivity contribution in [2.75, 3.05) is 19.0 Å². The van der Waals surface area contributed by atoms with Crippen LogP contribution >= 0.6 is 0 Å². The van der Waals surface area contributed by atoms with Crippen LogP contribution in [0, 0.1) is 0 Å². The topological polar surface area (TPSA) is 98.3 Å². The molecule has 0 aliphatic rings. The summed E-state index contributed by atoms with van der Waals surface area (Å²) >= 11 is 0. The van der Waals surface area contributed by atoms with Gasteiger partial charge >= 0.3 is 0 Å². The standard InChI is InChI=1S/C30H27N3O5/c1-36-28-18-24(14-17-27(28)38-20-23-8-4-2-5-9-23)30(35)33-31-19-22-12-15-26(16-13-22)37-21-29(34)32-25-10-6-3-7-11-25/h2-19H,20-21H2,1H3,(H,32,34)(H,33,35)/b31-19+. The molecule has 0 radical (unpaired) electrons. The van der Waals surface area contributed by atoms with E-state index in [1.54, 1.807) is 54.6 Å². The molecule has 0 saturated heterocycles. The fourth-order valence-corrected chi connectivity index (χ4v) is 3.41. The van der Waals surface area contributed by atoms with Gasteiger partial charge in [0.05, 0.1) is 13.3 Å². The van der Waals surface area contributed by atoms with Gasteiger partial charge in [0.25, 0.3) is 11.8 Å². The Morgan fingerprint density at radius 2 is 1.53 bits per heavy atom. The molecule has 8 nitrogen and oxygen atoms in total. The first kappa shape index (κ1) is 26.0. The third-order valence-corrected chi connectivity index (χ3v) is 5.35. The van der Waals surface area contributed by atoms with Crippen molar-refractivity contribution in [3.8, 4) is 17.2 Å². The maximum atomic E-state index is 12.5. The molecule has 0 unspecified atom stereocenters. The summed E-state index contributed by atoms with van der Waals surface area (Å²) in [6.45, 7) is 0.273. The van der Waals surface area contributed by atoms with Crippen LogP contribution in [0.3, 0.4) is 0 Å². The van der Waals surface area contributed by atoms with E-state index in [2.05, 4.69) is 15.8 Å². The zero-order valence-corrected chi connectivity index (χ0v) is 20.8. The normalized spacial score (nSPS) is 10.6. The van der Waals surface area contributed by atoms with E-state index in [-0.39, 0.29) is 12.5 Å². The van der Waals surface area contributed by atoms with Crippen LogP contribution in [0.1, 0.15) is 21.5 Å². The Morgan fingerprint density at radius 3 is 2.24 bits per heavy atom. The lowest BCUT2D eigenvalue weighted by Gasteiger charge is -2.12. The number of hydrogen-bond acceptors (Lipinski definition) is 6. The largest absolute Gasteiger partial charge is 0.493 e. The van der Waals surface area contributed by atoms with Gasteiger partial charge in [-0.15, -0.1) is 0 Å². The van der Waals surface area contributed by atoms with Crippen LogP contribution in [-0.2, 0) is 11.4 Å². The molecule has 0 heterocycles. The number of nitrogens with zero attached hydrogens (tertiary/aromatic N) is 1. The van der Waals surface area contributed by atoms with Gasteiger partial charge in [0.1, 0.15) is 12.4 Å². The minimum Gasteiger partial charge on any atom is -0.493 e. The first-order valence-corrected chi connectivity index (χ1v) is 11.9. The van der Waals surface area contributed by atoms with Crippen LogP contribution in [0.4, 0.5) is 5.69 Å². The lowest BCUT2D eigenvalue weighted by atomic mass is 10.2. The van der Waals surface area contributed by atoms with Gasteiger partial charge in [-0.25, -0.2) is 5.43 Å². The first-order valence-electron chi connectivity index (χ1n) is 11.9. The highest BCUT2D eigenvalue weighted by molar-refractivity contribution is 5.95. The fourth-order valence-electron chi connectivity index (χ4n) is 3.41. The summed E-state index contributed by atoms with van der Waals surface area (Å²) in [5.41, 5.74) is 5.36. The summed E-state index contributed by atoms with van der Waals surface area (Å²) in [5, 5.41) is 6.78. The van der Waals surface area contributed by atoms with Crippen LogP contribution in [0.5, 0.6) is 17.2 Å². The van der Waals surface area contributed by atoms with Gasteiger partial charge in [0.2, 0.25) is 0 Å². The number of methoxy groups -OCH3 is 1. The average Bonchev–Trinajstić information content (AvgIpc) is 2.96. The molecular weight excluding hydrogens is 482 g/mol.